The summed E-state index contributed by atoms with van der Waals surface area (Å²) in [5, 5.41) is 23.7. The van der Waals surface area contributed by atoms with Crippen molar-refractivity contribution in [3.05, 3.63) is 60.7 Å². The zero-order valence-electron chi connectivity index (χ0n) is 12.3. The minimum Gasteiger partial charge on any atom is -0.506 e. The Labute approximate surface area is 129 Å². The predicted molar refractivity (Wildman–Crippen MR) is 90.4 cm³/mol. The summed E-state index contributed by atoms with van der Waals surface area (Å²) in [6.07, 6.45) is 0. The summed E-state index contributed by atoms with van der Waals surface area (Å²) in [5.41, 5.74) is 2.32. The lowest BCUT2D eigenvalue weighted by molar-refractivity contribution is 0.476. The summed E-state index contributed by atoms with van der Waals surface area (Å²) in [7, 11) is 0. The van der Waals surface area contributed by atoms with Crippen LogP contribution in [0.3, 0.4) is 0 Å². The molecule has 110 valence electrons. The minimum atomic E-state index is 0.125. The largest absolute Gasteiger partial charge is 0.506 e. The van der Waals surface area contributed by atoms with Crippen molar-refractivity contribution in [3.63, 3.8) is 0 Å². The third-order valence-electron chi connectivity index (χ3n) is 3.42. The number of para-hydroxylation sites is 1. The van der Waals surface area contributed by atoms with Gasteiger partial charge in [-0.15, -0.1) is 10.2 Å². The fourth-order valence-electron chi connectivity index (χ4n) is 2.37. The van der Waals surface area contributed by atoms with E-state index in [1.54, 1.807) is 18.2 Å². The van der Waals surface area contributed by atoms with Crippen molar-refractivity contribution in [2.45, 2.75) is 6.92 Å². The molecule has 0 bridgehead atoms. The van der Waals surface area contributed by atoms with Crippen molar-refractivity contribution in [2.75, 3.05) is 11.9 Å². The van der Waals surface area contributed by atoms with E-state index in [2.05, 4.69) is 28.5 Å². The molecule has 0 aliphatic carbocycles. The molecule has 3 aromatic carbocycles. The second-order valence-corrected chi connectivity index (χ2v) is 4.90. The van der Waals surface area contributed by atoms with E-state index in [1.807, 2.05) is 36.4 Å². The summed E-state index contributed by atoms with van der Waals surface area (Å²) >= 11 is 0. The molecule has 0 radical (unpaired) electrons. The van der Waals surface area contributed by atoms with Gasteiger partial charge in [0.2, 0.25) is 0 Å². The quantitative estimate of drug-likeness (QED) is 0.633. The van der Waals surface area contributed by atoms with Crippen LogP contribution in [0.2, 0.25) is 0 Å². The number of hydrogen-bond donors (Lipinski definition) is 2. The maximum Gasteiger partial charge on any atom is 0.143 e. The third-order valence-corrected chi connectivity index (χ3v) is 3.42. The van der Waals surface area contributed by atoms with Gasteiger partial charge >= 0.3 is 0 Å². The van der Waals surface area contributed by atoms with Gasteiger partial charge in [0, 0.05) is 23.0 Å². The van der Waals surface area contributed by atoms with Crippen molar-refractivity contribution in [2.24, 2.45) is 10.2 Å². The van der Waals surface area contributed by atoms with Gasteiger partial charge < -0.3 is 10.4 Å². The lowest BCUT2D eigenvalue weighted by atomic mass is 10.1. The number of aromatic hydroxyl groups is 1. The lowest BCUT2D eigenvalue weighted by Crippen LogP contribution is -1.96. The van der Waals surface area contributed by atoms with Gasteiger partial charge in [0.15, 0.2) is 0 Å². The number of phenolic OH excluding ortho intramolecular Hbond substituents is 1. The molecular formula is C18H17N3O. The van der Waals surface area contributed by atoms with Crippen molar-refractivity contribution in [1.29, 1.82) is 0 Å². The molecule has 0 heterocycles. The Bertz CT molecular complexity index is 827. The lowest BCUT2D eigenvalue weighted by Gasteiger charge is -2.09. The topological polar surface area (TPSA) is 57.0 Å². The van der Waals surface area contributed by atoms with Gasteiger partial charge in [-0.1, -0.05) is 36.4 Å². The zero-order chi connectivity index (χ0) is 15.4. The van der Waals surface area contributed by atoms with Gasteiger partial charge in [-0.3, -0.25) is 0 Å². The highest BCUT2D eigenvalue weighted by Crippen LogP contribution is 2.34. The van der Waals surface area contributed by atoms with Crippen LogP contribution in [-0.4, -0.2) is 11.7 Å². The van der Waals surface area contributed by atoms with Gasteiger partial charge in [-0.05, 0) is 31.2 Å². The van der Waals surface area contributed by atoms with Crippen molar-refractivity contribution in [3.8, 4) is 5.75 Å². The maximum absolute atomic E-state index is 9.75. The van der Waals surface area contributed by atoms with Crippen molar-refractivity contribution < 1.29 is 5.11 Å². The minimum absolute atomic E-state index is 0.125. The molecule has 3 aromatic rings. The standard InChI is InChI=1S/C18H17N3O/c1-2-19-15-11-12-16(14-8-4-3-7-13(14)15)20-21-17-9-5-6-10-18(17)22/h3-12,19,22H,2H2,1H3. The number of fused-ring (bicyclic) bond motifs is 1. The van der Waals surface area contributed by atoms with E-state index in [-0.39, 0.29) is 5.75 Å². The van der Waals surface area contributed by atoms with E-state index in [4.69, 9.17) is 0 Å². The first kappa shape index (κ1) is 14.1. The van der Waals surface area contributed by atoms with Crippen LogP contribution in [0.5, 0.6) is 5.75 Å². The van der Waals surface area contributed by atoms with E-state index in [0.29, 0.717) is 5.69 Å². The highest BCUT2D eigenvalue weighted by Gasteiger charge is 2.05. The Hall–Kier alpha value is -2.88. The molecule has 0 fully saturated rings. The van der Waals surface area contributed by atoms with Gasteiger partial charge in [-0.2, -0.15) is 0 Å². The zero-order valence-corrected chi connectivity index (χ0v) is 12.3. The van der Waals surface area contributed by atoms with E-state index < -0.39 is 0 Å². The van der Waals surface area contributed by atoms with Crippen LogP contribution in [0.25, 0.3) is 10.8 Å². The van der Waals surface area contributed by atoms with Crippen LogP contribution in [0, 0.1) is 0 Å². The molecule has 22 heavy (non-hydrogen) atoms. The van der Waals surface area contributed by atoms with Crippen LogP contribution < -0.4 is 5.32 Å². The van der Waals surface area contributed by atoms with E-state index in [9.17, 15) is 5.11 Å². The van der Waals surface area contributed by atoms with E-state index in [0.717, 1.165) is 28.7 Å². The first-order chi connectivity index (χ1) is 10.8. The molecule has 3 rings (SSSR count). The smallest absolute Gasteiger partial charge is 0.143 e. The molecule has 0 atom stereocenters. The number of benzene rings is 3. The van der Waals surface area contributed by atoms with E-state index in [1.165, 1.54) is 0 Å². The average Bonchev–Trinajstić information content (AvgIpc) is 2.56. The van der Waals surface area contributed by atoms with Crippen LogP contribution in [0.4, 0.5) is 17.1 Å². The van der Waals surface area contributed by atoms with Crippen LogP contribution in [-0.2, 0) is 0 Å². The molecule has 0 amide bonds. The number of nitrogens with one attached hydrogen (secondary N) is 1. The summed E-state index contributed by atoms with van der Waals surface area (Å²) in [5.74, 6) is 0.125. The van der Waals surface area contributed by atoms with Crippen molar-refractivity contribution >= 4 is 27.8 Å². The molecule has 0 aliphatic rings. The van der Waals surface area contributed by atoms with Gasteiger partial charge in [0.25, 0.3) is 0 Å². The molecule has 0 spiro atoms. The Kier molecular flexibility index (Phi) is 4.01. The van der Waals surface area contributed by atoms with E-state index >= 15 is 0 Å². The van der Waals surface area contributed by atoms with Crippen molar-refractivity contribution in [1.82, 2.24) is 0 Å². The number of anilines is 1. The van der Waals surface area contributed by atoms with Crippen LogP contribution in [0.1, 0.15) is 6.92 Å². The Morgan fingerprint density at radius 1 is 0.818 bits per heavy atom. The monoisotopic (exact) mass is 291 g/mol. The second kappa shape index (κ2) is 6.26. The maximum atomic E-state index is 9.75. The molecule has 2 N–H and O–H groups in total. The first-order valence-electron chi connectivity index (χ1n) is 7.25. The molecule has 0 aliphatic heterocycles. The first-order valence-corrected chi connectivity index (χ1v) is 7.25. The molecule has 0 saturated heterocycles. The predicted octanol–water partition coefficient (Wildman–Crippen LogP) is 5.39. The number of nitrogens with zero attached hydrogens (tertiary/aromatic N) is 2. The van der Waals surface area contributed by atoms with Gasteiger partial charge in [0.1, 0.15) is 11.4 Å². The summed E-state index contributed by atoms with van der Waals surface area (Å²) in [6, 6.07) is 18.9. The van der Waals surface area contributed by atoms with Gasteiger partial charge in [0.05, 0.1) is 5.69 Å². The Balaban J connectivity index is 2.05. The normalized spacial score (nSPS) is 11.1. The molecular weight excluding hydrogens is 274 g/mol. The highest BCUT2D eigenvalue weighted by atomic mass is 16.3. The molecule has 0 unspecified atom stereocenters. The molecule has 0 aromatic heterocycles. The SMILES string of the molecule is CCNc1ccc(N=Nc2ccccc2O)c2ccccc12. The van der Waals surface area contributed by atoms with Crippen LogP contribution in [0.15, 0.2) is 70.9 Å². The molecule has 0 saturated carbocycles. The molecule has 4 nitrogen and oxygen atoms in total. The fraction of sp³-hybridized carbons (Fsp3) is 0.111. The second-order valence-electron chi connectivity index (χ2n) is 4.90. The molecule has 4 heteroatoms. The third kappa shape index (κ3) is 2.76. The summed E-state index contributed by atoms with van der Waals surface area (Å²) < 4.78 is 0. The Morgan fingerprint density at radius 2 is 1.50 bits per heavy atom. The highest BCUT2D eigenvalue weighted by molar-refractivity contribution is 6.00. The number of azo groups is 1. The number of hydrogen-bond acceptors (Lipinski definition) is 4. The average molecular weight is 291 g/mol. The summed E-state index contributed by atoms with van der Waals surface area (Å²) in [4.78, 5) is 0. The fourth-order valence-corrected chi connectivity index (χ4v) is 2.37. The summed E-state index contributed by atoms with van der Waals surface area (Å²) in [6.45, 7) is 2.93. The number of rotatable bonds is 4. The Morgan fingerprint density at radius 3 is 2.27 bits per heavy atom. The van der Waals surface area contributed by atoms with Crippen LogP contribution >= 0.6 is 0 Å². The van der Waals surface area contributed by atoms with Gasteiger partial charge in [-0.25, -0.2) is 0 Å². The number of phenols is 1.